The van der Waals surface area contributed by atoms with Crippen LogP contribution in [-0.4, -0.2) is 26.8 Å². The van der Waals surface area contributed by atoms with Gasteiger partial charge in [-0.1, -0.05) is 0 Å². The predicted molar refractivity (Wildman–Crippen MR) is 76.8 cm³/mol. The van der Waals surface area contributed by atoms with Crippen molar-refractivity contribution in [2.75, 3.05) is 5.32 Å². The van der Waals surface area contributed by atoms with Crippen molar-refractivity contribution < 1.29 is 14.7 Å². The monoisotopic (exact) mass is 291 g/mol. The number of carbonyl (C=O) groups excluding carboxylic acids is 1. The van der Waals surface area contributed by atoms with E-state index in [0.717, 1.165) is 12.6 Å². The van der Waals surface area contributed by atoms with Crippen LogP contribution in [0.3, 0.4) is 0 Å². The third-order valence-corrected chi connectivity index (χ3v) is 3.51. The Hall–Kier alpha value is -2.41. The number of hydrogen-bond donors (Lipinski definition) is 2. The summed E-state index contributed by atoms with van der Waals surface area (Å²) >= 11 is 1.23. The number of hydrogen-bond acceptors (Lipinski definition) is 4. The Kier molecular flexibility index (Phi) is 4.31. The van der Waals surface area contributed by atoms with Crippen LogP contribution in [0.1, 0.15) is 21.5 Å². The molecule has 2 aromatic rings. The van der Waals surface area contributed by atoms with E-state index in [2.05, 4.69) is 10.4 Å². The van der Waals surface area contributed by atoms with Crippen LogP contribution in [0.4, 0.5) is 5.69 Å². The van der Waals surface area contributed by atoms with Crippen LogP contribution in [0, 0.1) is 0 Å². The van der Waals surface area contributed by atoms with Crippen molar-refractivity contribution in [1.82, 2.24) is 9.78 Å². The van der Waals surface area contributed by atoms with Gasteiger partial charge < -0.3 is 10.4 Å². The summed E-state index contributed by atoms with van der Waals surface area (Å²) in [4.78, 5) is 23.6. The van der Waals surface area contributed by atoms with Crippen LogP contribution >= 0.6 is 11.3 Å². The van der Waals surface area contributed by atoms with Gasteiger partial charge in [-0.15, -0.1) is 11.3 Å². The lowest BCUT2D eigenvalue weighted by atomic mass is 10.3. The van der Waals surface area contributed by atoms with Crippen LogP contribution in [0.15, 0.2) is 30.6 Å². The highest BCUT2D eigenvalue weighted by molar-refractivity contribution is 7.15. The number of carboxylic acids is 1. The smallest absolute Gasteiger partial charge is 0.328 e. The van der Waals surface area contributed by atoms with Crippen molar-refractivity contribution in [2.24, 2.45) is 0 Å². The fourth-order valence-corrected chi connectivity index (χ4v) is 2.32. The number of carboxylic acid groups (broad SMARTS) is 1. The second-order valence-corrected chi connectivity index (χ2v) is 5.03. The molecule has 20 heavy (non-hydrogen) atoms. The van der Waals surface area contributed by atoms with Crippen molar-refractivity contribution in [3.05, 3.63) is 40.4 Å². The number of nitrogens with zero attached hydrogens (tertiary/aromatic N) is 2. The topological polar surface area (TPSA) is 84.2 Å². The fourth-order valence-electron chi connectivity index (χ4n) is 1.51. The van der Waals surface area contributed by atoms with Crippen molar-refractivity contribution in [3.63, 3.8) is 0 Å². The summed E-state index contributed by atoms with van der Waals surface area (Å²) in [5.41, 5.74) is 0.632. The van der Waals surface area contributed by atoms with Gasteiger partial charge in [-0.25, -0.2) is 4.79 Å². The Labute approximate surface area is 119 Å². The number of aryl methyl sites for hydroxylation is 1. The minimum atomic E-state index is -1.02. The average Bonchev–Trinajstić information content (AvgIpc) is 3.04. The Morgan fingerprint density at radius 3 is 2.95 bits per heavy atom. The van der Waals surface area contributed by atoms with Gasteiger partial charge in [0.1, 0.15) is 0 Å². The van der Waals surface area contributed by atoms with Crippen molar-refractivity contribution in [3.8, 4) is 0 Å². The number of aliphatic carboxylic acids is 1. The summed E-state index contributed by atoms with van der Waals surface area (Å²) in [5, 5.41) is 15.3. The molecule has 2 rings (SSSR count). The standard InChI is InChI=1S/C13H13N3O3S/c1-2-16-8-9(7-14-16)15-13(19)11-5-3-10(20-11)4-6-12(17)18/h3-8H,2H2,1H3,(H,15,19)(H,17,18). The highest BCUT2D eigenvalue weighted by Gasteiger charge is 2.09. The summed E-state index contributed by atoms with van der Waals surface area (Å²) in [5.74, 6) is -1.25. The van der Waals surface area contributed by atoms with Gasteiger partial charge in [0.25, 0.3) is 5.91 Å². The molecule has 0 saturated heterocycles. The van der Waals surface area contributed by atoms with E-state index >= 15 is 0 Å². The normalized spacial score (nSPS) is 10.8. The molecule has 0 aliphatic rings. The summed E-state index contributed by atoms with van der Waals surface area (Å²) < 4.78 is 1.71. The van der Waals surface area contributed by atoms with Crippen LogP contribution in [0.25, 0.3) is 6.08 Å². The number of amides is 1. The molecule has 0 atom stereocenters. The molecule has 0 aromatic carbocycles. The molecule has 104 valence electrons. The first-order valence-electron chi connectivity index (χ1n) is 5.93. The van der Waals surface area contributed by atoms with Crippen molar-refractivity contribution >= 4 is 35.0 Å². The molecule has 1 amide bonds. The largest absolute Gasteiger partial charge is 0.478 e. The Morgan fingerprint density at radius 2 is 2.30 bits per heavy atom. The molecular weight excluding hydrogens is 278 g/mol. The van der Waals surface area contributed by atoms with Gasteiger partial charge in [-0.2, -0.15) is 5.10 Å². The molecule has 0 spiro atoms. The number of aromatic nitrogens is 2. The molecule has 7 heteroatoms. The zero-order valence-electron chi connectivity index (χ0n) is 10.7. The van der Waals surface area contributed by atoms with E-state index in [9.17, 15) is 9.59 Å². The summed E-state index contributed by atoms with van der Waals surface area (Å²) in [7, 11) is 0. The van der Waals surface area contributed by atoms with Crippen LogP contribution in [0.2, 0.25) is 0 Å². The molecule has 0 fully saturated rings. The Bertz CT molecular complexity index is 657. The van der Waals surface area contributed by atoms with E-state index in [1.807, 2.05) is 6.92 Å². The number of nitrogens with one attached hydrogen (secondary N) is 1. The zero-order valence-corrected chi connectivity index (χ0v) is 11.6. The maximum Gasteiger partial charge on any atom is 0.328 e. The molecule has 2 aromatic heterocycles. The summed E-state index contributed by atoms with van der Waals surface area (Å²) in [6, 6.07) is 3.36. The van der Waals surface area contributed by atoms with Gasteiger partial charge in [0.05, 0.1) is 16.8 Å². The summed E-state index contributed by atoms with van der Waals surface area (Å²) in [6.45, 7) is 2.69. The Balaban J connectivity index is 2.04. The fraction of sp³-hybridized carbons (Fsp3) is 0.154. The molecule has 2 N–H and O–H groups in total. The van der Waals surface area contributed by atoms with Gasteiger partial charge in [-0.05, 0) is 25.1 Å². The van der Waals surface area contributed by atoms with E-state index in [1.54, 1.807) is 29.2 Å². The first-order valence-corrected chi connectivity index (χ1v) is 6.75. The lowest BCUT2D eigenvalue weighted by molar-refractivity contribution is -0.131. The van der Waals surface area contributed by atoms with Gasteiger partial charge >= 0.3 is 5.97 Å². The van der Waals surface area contributed by atoms with E-state index < -0.39 is 5.97 Å². The molecule has 0 radical (unpaired) electrons. The van der Waals surface area contributed by atoms with Crippen LogP contribution in [0.5, 0.6) is 0 Å². The van der Waals surface area contributed by atoms with Gasteiger partial charge in [0, 0.05) is 23.7 Å². The molecule has 0 aliphatic heterocycles. The molecule has 0 unspecified atom stereocenters. The zero-order chi connectivity index (χ0) is 14.5. The maximum absolute atomic E-state index is 12.0. The van der Waals surface area contributed by atoms with E-state index in [4.69, 9.17) is 5.11 Å². The highest BCUT2D eigenvalue weighted by Crippen LogP contribution is 2.19. The van der Waals surface area contributed by atoms with Gasteiger partial charge in [-0.3, -0.25) is 9.48 Å². The SMILES string of the molecule is CCn1cc(NC(=O)c2ccc(C=CC(=O)O)s2)cn1. The number of anilines is 1. The minimum absolute atomic E-state index is 0.236. The lowest BCUT2D eigenvalue weighted by Crippen LogP contribution is -2.09. The second-order valence-electron chi connectivity index (χ2n) is 3.91. The van der Waals surface area contributed by atoms with E-state index in [0.29, 0.717) is 15.4 Å². The number of rotatable bonds is 5. The molecular formula is C13H13N3O3S. The lowest BCUT2D eigenvalue weighted by Gasteiger charge is -1.98. The summed E-state index contributed by atoms with van der Waals surface area (Å²) in [6.07, 6.45) is 5.83. The van der Waals surface area contributed by atoms with Crippen LogP contribution < -0.4 is 5.32 Å². The third kappa shape index (κ3) is 3.55. The number of carbonyl (C=O) groups is 2. The van der Waals surface area contributed by atoms with Crippen LogP contribution in [-0.2, 0) is 11.3 Å². The van der Waals surface area contributed by atoms with Crippen molar-refractivity contribution in [1.29, 1.82) is 0 Å². The van der Waals surface area contributed by atoms with Gasteiger partial charge in [0.15, 0.2) is 0 Å². The average molecular weight is 291 g/mol. The molecule has 0 bridgehead atoms. The quantitative estimate of drug-likeness (QED) is 0.828. The van der Waals surface area contributed by atoms with Crippen molar-refractivity contribution in [2.45, 2.75) is 13.5 Å². The molecule has 0 aliphatic carbocycles. The second kappa shape index (κ2) is 6.16. The highest BCUT2D eigenvalue weighted by atomic mass is 32.1. The molecule has 6 nitrogen and oxygen atoms in total. The van der Waals surface area contributed by atoms with Gasteiger partial charge in [0.2, 0.25) is 0 Å². The molecule has 2 heterocycles. The third-order valence-electron chi connectivity index (χ3n) is 2.46. The first kappa shape index (κ1) is 14.0. The Morgan fingerprint density at radius 1 is 1.50 bits per heavy atom. The predicted octanol–water partition coefficient (Wildman–Crippen LogP) is 2.31. The van der Waals surface area contributed by atoms with E-state index in [-0.39, 0.29) is 5.91 Å². The number of thiophene rings is 1. The maximum atomic E-state index is 12.0. The molecule has 0 saturated carbocycles. The first-order chi connectivity index (χ1) is 9.58. The van der Waals surface area contributed by atoms with E-state index in [1.165, 1.54) is 17.4 Å². The minimum Gasteiger partial charge on any atom is -0.478 e.